The zero-order valence-electron chi connectivity index (χ0n) is 19.2. The van der Waals surface area contributed by atoms with Gasteiger partial charge in [0.2, 0.25) is 0 Å². The van der Waals surface area contributed by atoms with Gasteiger partial charge < -0.3 is 15.4 Å². The Morgan fingerprint density at radius 1 is 1.12 bits per heavy atom. The van der Waals surface area contributed by atoms with Crippen LogP contribution in [0.15, 0.2) is 53.4 Å². The van der Waals surface area contributed by atoms with Crippen molar-refractivity contribution in [2.75, 3.05) is 30.4 Å². The molecule has 1 saturated heterocycles. The van der Waals surface area contributed by atoms with Crippen molar-refractivity contribution >= 4 is 21.3 Å². The summed E-state index contributed by atoms with van der Waals surface area (Å²) >= 11 is 0. The molecule has 0 radical (unpaired) electrons. The van der Waals surface area contributed by atoms with Crippen LogP contribution in [-0.2, 0) is 19.3 Å². The van der Waals surface area contributed by atoms with Crippen LogP contribution in [0.4, 0.5) is 15.9 Å². The summed E-state index contributed by atoms with van der Waals surface area (Å²) in [5, 5.41) is 0. The van der Waals surface area contributed by atoms with Crippen LogP contribution in [0.2, 0.25) is 0 Å². The van der Waals surface area contributed by atoms with Crippen molar-refractivity contribution in [3.8, 4) is 11.4 Å². The molecule has 0 bridgehead atoms. The van der Waals surface area contributed by atoms with Gasteiger partial charge in [0.15, 0.2) is 15.7 Å². The third-order valence-corrected chi connectivity index (χ3v) is 9.34. The summed E-state index contributed by atoms with van der Waals surface area (Å²) in [6.07, 6.45) is 0.894. The van der Waals surface area contributed by atoms with Crippen molar-refractivity contribution in [1.82, 2.24) is 9.97 Å². The summed E-state index contributed by atoms with van der Waals surface area (Å²) in [4.78, 5) is 11.8. The number of hydrogen-bond donors (Lipinski definition) is 1. The van der Waals surface area contributed by atoms with Gasteiger partial charge in [-0.2, -0.15) is 0 Å². The van der Waals surface area contributed by atoms with Crippen molar-refractivity contribution in [1.29, 1.82) is 0 Å². The molecule has 1 aromatic heterocycles. The van der Waals surface area contributed by atoms with Gasteiger partial charge in [0, 0.05) is 23.9 Å². The number of aryl methyl sites for hydroxylation is 1. The van der Waals surface area contributed by atoms with E-state index in [1.807, 2.05) is 12.1 Å². The molecule has 1 atom stereocenters. The van der Waals surface area contributed by atoms with Crippen LogP contribution < -0.4 is 10.6 Å². The lowest BCUT2D eigenvalue weighted by Crippen LogP contribution is -2.44. The fraction of sp³-hybridized carbons (Fsp3) is 0.360. The van der Waals surface area contributed by atoms with Gasteiger partial charge in [-0.1, -0.05) is 0 Å². The Morgan fingerprint density at radius 3 is 2.50 bits per heavy atom. The molecule has 5 rings (SSSR count). The quantitative estimate of drug-likeness (QED) is 0.435. The highest BCUT2D eigenvalue weighted by Gasteiger charge is 2.58. The van der Waals surface area contributed by atoms with Crippen molar-refractivity contribution in [3.63, 3.8) is 0 Å². The lowest BCUT2D eigenvalue weighted by molar-refractivity contribution is 0.0985. The molecule has 1 aliphatic heterocycles. The Balaban J connectivity index is 1.66. The molecule has 0 unspecified atom stereocenters. The van der Waals surface area contributed by atoms with Gasteiger partial charge in [0.05, 0.1) is 29.8 Å². The standard InChI is InChI=1S/C25H27FN4O3S/c1-16-13-19(26)5-8-21(16)34(31,32)25(9-10-25)22-14-23(30-11-12-33-15-17(30)2)29-24(28-22)18-3-6-20(27)7-4-18/h3-8,13-14,17H,9-12,15,27H2,1-2H3/t17-/m0/s1. The summed E-state index contributed by atoms with van der Waals surface area (Å²) in [6.45, 7) is 5.45. The van der Waals surface area contributed by atoms with Crippen LogP contribution in [0.25, 0.3) is 11.4 Å². The SMILES string of the molecule is Cc1cc(F)ccc1S(=O)(=O)C1(c2cc(N3CCOC[C@@H]3C)nc(-c3ccc(N)cc3)n2)CC1. The smallest absolute Gasteiger partial charge is 0.190 e. The van der Waals surface area contributed by atoms with Crippen molar-refractivity contribution in [2.45, 2.75) is 42.4 Å². The van der Waals surface area contributed by atoms with Gasteiger partial charge in [-0.3, -0.25) is 0 Å². The molecular formula is C25H27FN4O3S. The lowest BCUT2D eigenvalue weighted by atomic mass is 10.1. The number of halogens is 1. The van der Waals surface area contributed by atoms with E-state index in [-0.39, 0.29) is 10.9 Å². The Morgan fingerprint density at radius 2 is 1.85 bits per heavy atom. The molecule has 2 fully saturated rings. The highest BCUT2D eigenvalue weighted by atomic mass is 32.2. The summed E-state index contributed by atoms with van der Waals surface area (Å²) in [6, 6.07) is 12.9. The van der Waals surface area contributed by atoms with Crippen LogP contribution in [0.1, 0.15) is 31.0 Å². The van der Waals surface area contributed by atoms with E-state index in [9.17, 15) is 12.8 Å². The fourth-order valence-electron chi connectivity index (χ4n) is 4.54. The van der Waals surface area contributed by atoms with Gasteiger partial charge in [0.25, 0.3) is 0 Å². The number of nitrogens with two attached hydrogens (primary N) is 1. The average Bonchev–Trinajstić information content (AvgIpc) is 3.62. The second-order valence-electron chi connectivity index (χ2n) is 9.08. The van der Waals surface area contributed by atoms with Gasteiger partial charge in [-0.15, -0.1) is 0 Å². The van der Waals surface area contributed by atoms with E-state index in [0.717, 1.165) is 5.56 Å². The minimum absolute atomic E-state index is 0.0851. The molecule has 2 heterocycles. The van der Waals surface area contributed by atoms with Gasteiger partial charge in [0.1, 0.15) is 16.4 Å². The van der Waals surface area contributed by atoms with Crippen LogP contribution in [0.3, 0.4) is 0 Å². The molecule has 3 aromatic rings. The number of aromatic nitrogens is 2. The Labute approximate surface area is 198 Å². The van der Waals surface area contributed by atoms with Crippen LogP contribution in [-0.4, -0.2) is 44.2 Å². The predicted octanol–water partition coefficient (Wildman–Crippen LogP) is 3.86. The molecule has 9 heteroatoms. The van der Waals surface area contributed by atoms with E-state index in [1.54, 1.807) is 25.1 Å². The van der Waals surface area contributed by atoms with E-state index in [1.165, 1.54) is 18.2 Å². The highest BCUT2D eigenvalue weighted by molar-refractivity contribution is 7.92. The predicted molar refractivity (Wildman–Crippen MR) is 129 cm³/mol. The number of morpholine rings is 1. The van der Waals surface area contributed by atoms with Gasteiger partial charge in [-0.05, 0) is 74.7 Å². The molecular weight excluding hydrogens is 455 g/mol. The van der Waals surface area contributed by atoms with Crippen LogP contribution >= 0.6 is 0 Å². The monoisotopic (exact) mass is 482 g/mol. The molecule has 34 heavy (non-hydrogen) atoms. The summed E-state index contributed by atoms with van der Waals surface area (Å²) in [5.74, 6) is 0.658. The number of sulfone groups is 1. The number of nitrogen functional groups attached to an aromatic ring is 1. The molecule has 0 spiro atoms. The second kappa shape index (κ2) is 8.32. The van der Waals surface area contributed by atoms with Crippen molar-refractivity contribution in [3.05, 3.63) is 65.6 Å². The van der Waals surface area contributed by atoms with Crippen LogP contribution in [0.5, 0.6) is 0 Å². The molecule has 7 nitrogen and oxygen atoms in total. The first kappa shape index (κ1) is 22.7. The third kappa shape index (κ3) is 3.82. The van der Waals surface area contributed by atoms with Gasteiger partial charge >= 0.3 is 0 Å². The molecule has 2 aliphatic rings. The maximum atomic E-state index is 13.9. The zero-order chi connectivity index (χ0) is 24.1. The first-order valence-corrected chi connectivity index (χ1v) is 12.8. The van der Waals surface area contributed by atoms with E-state index in [4.69, 9.17) is 20.4 Å². The summed E-state index contributed by atoms with van der Waals surface area (Å²) in [5.41, 5.74) is 8.09. The number of hydrogen-bond acceptors (Lipinski definition) is 7. The second-order valence-corrected chi connectivity index (χ2v) is 11.3. The minimum Gasteiger partial charge on any atom is -0.399 e. The normalized spacial score (nSPS) is 19.7. The Hall–Kier alpha value is -3.04. The topological polar surface area (TPSA) is 98.4 Å². The van der Waals surface area contributed by atoms with Gasteiger partial charge in [-0.25, -0.2) is 22.8 Å². The lowest BCUT2D eigenvalue weighted by Gasteiger charge is -2.34. The fourth-order valence-corrected chi connectivity index (χ4v) is 6.72. The first-order valence-electron chi connectivity index (χ1n) is 11.3. The number of ether oxygens (including phenoxy) is 1. The largest absolute Gasteiger partial charge is 0.399 e. The number of benzene rings is 2. The Bertz CT molecular complexity index is 1340. The van der Waals surface area contributed by atoms with Crippen molar-refractivity contribution < 1.29 is 17.5 Å². The number of nitrogens with zero attached hydrogens (tertiary/aromatic N) is 3. The molecule has 0 amide bonds. The summed E-state index contributed by atoms with van der Waals surface area (Å²) < 4.78 is 45.8. The third-order valence-electron chi connectivity index (χ3n) is 6.66. The molecule has 2 N–H and O–H groups in total. The summed E-state index contributed by atoms with van der Waals surface area (Å²) in [7, 11) is -3.81. The molecule has 1 aliphatic carbocycles. The van der Waals surface area contributed by atoms with E-state index in [0.29, 0.717) is 61.2 Å². The highest BCUT2D eigenvalue weighted by Crippen LogP contribution is 2.55. The number of rotatable bonds is 5. The number of anilines is 2. The molecule has 1 saturated carbocycles. The van der Waals surface area contributed by atoms with Crippen molar-refractivity contribution in [2.24, 2.45) is 0 Å². The van der Waals surface area contributed by atoms with E-state index in [2.05, 4.69) is 11.8 Å². The Kier molecular flexibility index (Phi) is 5.56. The van der Waals surface area contributed by atoms with Crippen LogP contribution in [0, 0.1) is 12.7 Å². The van der Waals surface area contributed by atoms with E-state index >= 15 is 0 Å². The minimum atomic E-state index is -3.81. The average molecular weight is 483 g/mol. The maximum absolute atomic E-state index is 13.9. The maximum Gasteiger partial charge on any atom is 0.190 e. The zero-order valence-corrected chi connectivity index (χ0v) is 20.0. The first-order chi connectivity index (χ1) is 16.2. The molecule has 2 aromatic carbocycles. The van der Waals surface area contributed by atoms with E-state index < -0.39 is 20.4 Å². The molecule has 178 valence electrons.